The van der Waals surface area contributed by atoms with Gasteiger partial charge in [0, 0.05) is 18.7 Å². The number of esters is 1. The highest BCUT2D eigenvalue weighted by atomic mass is 32.1. The molecule has 0 unspecified atom stereocenters. The van der Waals surface area contributed by atoms with Gasteiger partial charge in [-0.2, -0.15) is 0 Å². The molecule has 25 heavy (non-hydrogen) atoms. The van der Waals surface area contributed by atoms with E-state index in [1.807, 2.05) is 25.3 Å². The summed E-state index contributed by atoms with van der Waals surface area (Å²) in [6.45, 7) is 7.95. The molecule has 1 aliphatic rings. The lowest BCUT2D eigenvalue weighted by Gasteiger charge is -2.10. The van der Waals surface area contributed by atoms with Gasteiger partial charge in [0.25, 0.3) is 0 Å². The molecule has 138 valence electrons. The molecule has 0 radical (unpaired) electrons. The maximum absolute atomic E-state index is 12.3. The van der Waals surface area contributed by atoms with Gasteiger partial charge in [-0.1, -0.05) is 19.8 Å². The summed E-state index contributed by atoms with van der Waals surface area (Å²) in [5.74, 6) is 1.70. The first-order chi connectivity index (χ1) is 11.8. The molecule has 4 nitrogen and oxygen atoms in total. The number of nitrogens with zero attached hydrogens (tertiary/aromatic N) is 1. The van der Waals surface area contributed by atoms with E-state index in [4.69, 9.17) is 4.74 Å². The molecule has 3 atom stereocenters. The molecule has 1 aromatic heterocycles. The van der Waals surface area contributed by atoms with Crippen molar-refractivity contribution in [2.24, 2.45) is 17.8 Å². The van der Waals surface area contributed by atoms with Crippen molar-refractivity contribution in [3.05, 3.63) is 21.7 Å². The van der Waals surface area contributed by atoms with Gasteiger partial charge >= 0.3 is 5.97 Å². The summed E-state index contributed by atoms with van der Waals surface area (Å²) < 4.78 is 5.03. The fourth-order valence-electron chi connectivity index (χ4n) is 3.13. The number of rotatable bonds is 10. The first-order valence-corrected chi connectivity index (χ1v) is 10.00. The van der Waals surface area contributed by atoms with Crippen molar-refractivity contribution < 1.29 is 14.3 Å². The number of carbonyl (C=O) groups is 2. The highest BCUT2D eigenvalue weighted by Crippen LogP contribution is 2.45. The number of carbonyl (C=O) groups excluding carboxylic acids is 2. The topological polar surface area (TPSA) is 56.3 Å². The Morgan fingerprint density at radius 1 is 1.40 bits per heavy atom. The summed E-state index contributed by atoms with van der Waals surface area (Å²) in [5.41, 5.74) is 1.70. The molecule has 5 heteroatoms. The number of aryl methyl sites for hydroxylation is 1. The van der Waals surface area contributed by atoms with Crippen molar-refractivity contribution in [3.8, 4) is 0 Å². The van der Waals surface area contributed by atoms with Crippen LogP contribution in [0.5, 0.6) is 0 Å². The third-order valence-corrected chi connectivity index (χ3v) is 5.59. The monoisotopic (exact) mass is 363 g/mol. The number of aromatic nitrogens is 1. The van der Waals surface area contributed by atoms with Crippen molar-refractivity contribution >= 4 is 29.2 Å². The predicted octanol–water partition coefficient (Wildman–Crippen LogP) is 4.82. The molecule has 0 bridgehead atoms. The Bertz CT molecular complexity index is 635. The van der Waals surface area contributed by atoms with E-state index >= 15 is 0 Å². The fourth-order valence-corrected chi connectivity index (χ4v) is 3.70. The third kappa shape index (κ3) is 7.10. The average molecular weight is 364 g/mol. The van der Waals surface area contributed by atoms with Gasteiger partial charge in [0.1, 0.15) is 0 Å². The van der Waals surface area contributed by atoms with Gasteiger partial charge in [-0.25, -0.2) is 4.98 Å². The van der Waals surface area contributed by atoms with Crippen LogP contribution >= 0.6 is 11.3 Å². The summed E-state index contributed by atoms with van der Waals surface area (Å²) in [4.78, 5) is 27.5. The van der Waals surface area contributed by atoms with Crippen LogP contribution in [0.2, 0.25) is 0 Å². The number of ketones is 1. The summed E-state index contributed by atoms with van der Waals surface area (Å²) in [6, 6.07) is 0. The predicted molar refractivity (Wildman–Crippen MR) is 101 cm³/mol. The molecule has 0 saturated heterocycles. The molecule has 1 aromatic rings. The summed E-state index contributed by atoms with van der Waals surface area (Å²) in [6.07, 6.45) is 7.14. The quantitative estimate of drug-likeness (QED) is 0.442. The molecule has 0 aliphatic heterocycles. The largest absolute Gasteiger partial charge is 0.466 e. The van der Waals surface area contributed by atoms with Crippen LogP contribution in [0.25, 0.3) is 6.08 Å². The molecule has 0 spiro atoms. The van der Waals surface area contributed by atoms with E-state index in [0.717, 1.165) is 29.1 Å². The minimum atomic E-state index is -0.205. The minimum absolute atomic E-state index is 0.205. The van der Waals surface area contributed by atoms with Crippen molar-refractivity contribution in [1.29, 1.82) is 0 Å². The van der Waals surface area contributed by atoms with Crippen LogP contribution in [0.3, 0.4) is 0 Å². The molecule has 1 aliphatic carbocycles. The number of hydrogen-bond acceptors (Lipinski definition) is 5. The normalized spacial score (nSPS) is 21.0. The molecule has 0 N–H and O–H groups in total. The van der Waals surface area contributed by atoms with Crippen molar-refractivity contribution in [2.45, 2.75) is 59.8 Å². The minimum Gasteiger partial charge on any atom is -0.466 e. The molecule has 1 saturated carbocycles. The number of ether oxygens (including phenoxy) is 1. The average Bonchev–Trinajstić information content (AvgIpc) is 3.14. The standard InChI is InChI=1S/C20H29NO3S/c1-13(11-24-16(4)22)6-5-7-17-9-18(17)10-20(23)14(2)8-19-12-25-15(3)21-19/h8,12-13,17-18H,5-7,9-11H2,1-4H3/b14-8+/t13-,17+,18-/m0/s1. The van der Waals surface area contributed by atoms with Crippen molar-refractivity contribution in [3.63, 3.8) is 0 Å². The number of Topliss-reactive ketones (excluding diaryl/α,β-unsaturated/α-hetero) is 1. The number of allylic oxidation sites excluding steroid dienone is 1. The molecular formula is C20H29NO3S. The van der Waals surface area contributed by atoms with Gasteiger partial charge in [-0.05, 0) is 56.1 Å². The molecule has 0 aromatic carbocycles. The van der Waals surface area contributed by atoms with Crippen LogP contribution in [-0.4, -0.2) is 23.3 Å². The van der Waals surface area contributed by atoms with Gasteiger partial charge in [-0.3, -0.25) is 9.59 Å². The van der Waals surface area contributed by atoms with E-state index in [0.29, 0.717) is 30.8 Å². The Morgan fingerprint density at radius 3 is 2.80 bits per heavy atom. The van der Waals surface area contributed by atoms with E-state index in [1.165, 1.54) is 19.8 Å². The Hall–Kier alpha value is -1.49. The van der Waals surface area contributed by atoms with Gasteiger partial charge in [0.15, 0.2) is 5.78 Å². The molecular weight excluding hydrogens is 334 g/mol. The zero-order valence-corrected chi connectivity index (χ0v) is 16.5. The van der Waals surface area contributed by atoms with Gasteiger partial charge in [-0.15, -0.1) is 11.3 Å². The Morgan fingerprint density at radius 2 is 2.16 bits per heavy atom. The Labute approximate surface area is 154 Å². The maximum Gasteiger partial charge on any atom is 0.302 e. The highest BCUT2D eigenvalue weighted by molar-refractivity contribution is 7.09. The van der Waals surface area contributed by atoms with Crippen LogP contribution < -0.4 is 0 Å². The zero-order valence-electron chi connectivity index (χ0n) is 15.7. The lowest BCUT2D eigenvalue weighted by Crippen LogP contribution is -2.09. The van der Waals surface area contributed by atoms with Crippen LogP contribution in [0, 0.1) is 24.7 Å². The smallest absolute Gasteiger partial charge is 0.302 e. The summed E-state index contributed by atoms with van der Waals surface area (Å²) in [7, 11) is 0. The molecule has 1 fully saturated rings. The molecule has 0 amide bonds. The zero-order chi connectivity index (χ0) is 18.4. The van der Waals surface area contributed by atoms with Crippen molar-refractivity contribution in [2.75, 3.05) is 6.61 Å². The maximum atomic E-state index is 12.3. The van der Waals surface area contributed by atoms with Gasteiger partial charge in [0.05, 0.1) is 17.3 Å². The molecule has 1 heterocycles. The van der Waals surface area contributed by atoms with E-state index in [2.05, 4.69) is 11.9 Å². The van der Waals surface area contributed by atoms with Crippen LogP contribution in [-0.2, 0) is 14.3 Å². The van der Waals surface area contributed by atoms with Crippen LogP contribution in [0.1, 0.15) is 63.6 Å². The molecule has 2 rings (SSSR count). The summed E-state index contributed by atoms with van der Waals surface area (Å²) in [5, 5.41) is 3.01. The van der Waals surface area contributed by atoms with E-state index in [9.17, 15) is 9.59 Å². The van der Waals surface area contributed by atoms with Crippen LogP contribution in [0.15, 0.2) is 11.0 Å². The first kappa shape index (κ1) is 19.8. The van der Waals surface area contributed by atoms with E-state index in [-0.39, 0.29) is 11.8 Å². The van der Waals surface area contributed by atoms with Crippen LogP contribution in [0.4, 0.5) is 0 Å². The Balaban J connectivity index is 1.64. The van der Waals surface area contributed by atoms with E-state index in [1.54, 1.807) is 11.3 Å². The number of thiazole rings is 1. The second-order valence-electron chi connectivity index (χ2n) is 7.34. The lowest BCUT2D eigenvalue weighted by atomic mass is 10.0. The highest BCUT2D eigenvalue weighted by Gasteiger charge is 2.37. The second kappa shape index (κ2) is 9.27. The van der Waals surface area contributed by atoms with E-state index < -0.39 is 0 Å². The summed E-state index contributed by atoms with van der Waals surface area (Å²) >= 11 is 1.61. The fraction of sp³-hybridized carbons (Fsp3) is 0.650. The third-order valence-electron chi connectivity index (χ3n) is 4.80. The Kier molecular flexibility index (Phi) is 7.36. The van der Waals surface area contributed by atoms with Crippen molar-refractivity contribution in [1.82, 2.24) is 4.98 Å². The lowest BCUT2D eigenvalue weighted by molar-refractivity contribution is -0.142. The second-order valence-corrected chi connectivity index (χ2v) is 8.40. The first-order valence-electron chi connectivity index (χ1n) is 9.12. The SMILES string of the molecule is CC(=O)OC[C@@H](C)CCC[C@@H]1C[C@H]1CC(=O)/C(C)=C/c1csc(C)n1. The number of hydrogen-bond donors (Lipinski definition) is 0. The van der Waals surface area contributed by atoms with Gasteiger partial charge < -0.3 is 4.74 Å². The van der Waals surface area contributed by atoms with Gasteiger partial charge in [0.2, 0.25) is 0 Å².